The quantitative estimate of drug-likeness (QED) is 0.278. The molecule has 3 rings (SSSR count). The molecule has 0 aliphatic heterocycles. The van der Waals surface area contributed by atoms with Crippen molar-refractivity contribution in [2.45, 2.75) is 38.5 Å². The second-order valence-electron chi connectivity index (χ2n) is 8.21. The lowest BCUT2D eigenvalue weighted by atomic mass is 10.0. The van der Waals surface area contributed by atoms with E-state index in [1.165, 1.54) is 23.9 Å². The molecule has 0 saturated carbocycles. The normalized spacial score (nSPS) is 11.8. The summed E-state index contributed by atoms with van der Waals surface area (Å²) in [4.78, 5) is 25.4. The molecule has 2 amide bonds. The summed E-state index contributed by atoms with van der Waals surface area (Å²) in [5.74, 6) is -0.459. The maximum atomic E-state index is 13.5. The van der Waals surface area contributed by atoms with Crippen molar-refractivity contribution in [1.29, 1.82) is 0 Å². The van der Waals surface area contributed by atoms with Crippen LogP contribution in [-0.4, -0.2) is 32.3 Å². The van der Waals surface area contributed by atoms with Crippen LogP contribution in [0.15, 0.2) is 60.3 Å². The van der Waals surface area contributed by atoms with Crippen molar-refractivity contribution in [3.8, 4) is 0 Å². The van der Waals surface area contributed by atoms with Gasteiger partial charge in [-0.05, 0) is 42.7 Å². The monoisotopic (exact) mass is 515 g/mol. The minimum absolute atomic E-state index is 0.00805. The fourth-order valence-corrected chi connectivity index (χ4v) is 4.35. The fourth-order valence-electron chi connectivity index (χ4n) is 3.38. The second-order valence-corrected chi connectivity index (χ2v) is 9.56. The SMILES string of the molecule is C=CCn1c(SCC(=O)Nc2cc(F)ccc2C)nnc1[C@@H](NC(=O)c1ccccc1Cl)C(C)C. The van der Waals surface area contributed by atoms with E-state index in [1.54, 1.807) is 43.3 Å². The number of aryl methyl sites for hydroxylation is 1. The Labute approximate surface area is 213 Å². The average Bonchev–Trinajstić information content (AvgIpc) is 3.20. The lowest BCUT2D eigenvalue weighted by Gasteiger charge is -2.23. The molecular weight excluding hydrogens is 489 g/mol. The molecule has 184 valence electrons. The Bertz CT molecular complexity index is 1230. The highest BCUT2D eigenvalue weighted by molar-refractivity contribution is 7.99. The van der Waals surface area contributed by atoms with Gasteiger partial charge >= 0.3 is 0 Å². The number of aromatic nitrogens is 3. The van der Waals surface area contributed by atoms with Crippen molar-refractivity contribution in [2.24, 2.45) is 5.92 Å². The number of rotatable bonds is 10. The molecule has 1 atom stereocenters. The number of amides is 2. The maximum Gasteiger partial charge on any atom is 0.253 e. The largest absolute Gasteiger partial charge is 0.342 e. The van der Waals surface area contributed by atoms with E-state index in [1.807, 2.05) is 18.4 Å². The Kier molecular flexibility index (Phi) is 9.06. The lowest BCUT2D eigenvalue weighted by Crippen LogP contribution is -2.34. The molecule has 0 bridgehead atoms. The lowest BCUT2D eigenvalue weighted by molar-refractivity contribution is -0.113. The molecule has 2 aromatic carbocycles. The van der Waals surface area contributed by atoms with Gasteiger partial charge in [-0.1, -0.05) is 61.5 Å². The third-order valence-electron chi connectivity index (χ3n) is 5.21. The van der Waals surface area contributed by atoms with Crippen molar-refractivity contribution in [3.63, 3.8) is 0 Å². The number of benzene rings is 2. The number of anilines is 1. The summed E-state index contributed by atoms with van der Waals surface area (Å²) < 4.78 is 15.3. The molecule has 0 unspecified atom stereocenters. The van der Waals surface area contributed by atoms with Crippen molar-refractivity contribution in [1.82, 2.24) is 20.1 Å². The molecule has 0 aliphatic rings. The maximum absolute atomic E-state index is 13.5. The number of carbonyl (C=O) groups excluding carboxylic acids is 2. The van der Waals surface area contributed by atoms with Crippen LogP contribution in [0.1, 0.15) is 41.6 Å². The predicted octanol–water partition coefficient (Wildman–Crippen LogP) is 5.42. The van der Waals surface area contributed by atoms with Gasteiger partial charge in [-0.3, -0.25) is 9.59 Å². The van der Waals surface area contributed by atoms with Gasteiger partial charge in [-0.2, -0.15) is 0 Å². The van der Waals surface area contributed by atoms with E-state index in [4.69, 9.17) is 11.6 Å². The second kappa shape index (κ2) is 12.0. The highest BCUT2D eigenvalue weighted by Crippen LogP contribution is 2.27. The molecule has 1 heterocycles. The van der Waals surface area contributed by atoms with Gasteiger partial charge in [-0.15, -0.1) is 16.8 Å². The van der Waals surface area contributed by atoms with Crippen LogP contribution in [0.25, 0.3) is 0 Å². The Hall–Kier alpha value is -3.17. The molecule has 3 aromatic rings. The van der Waals surface area contributed by atoms with Gasteiger partial charge in [-0.25, -0.2) is 4.39 Å². The van der Waals surface area contributed by atoms with Crippen LogP contribution in [0.3, 0.4) is 0 Å². The van der Waals surface area contributed by atoms with Crippen LogP contribution in [-0.2, 0) is 11.3 Å². The smallest absolute Gasteiger partial charge is 0.253 e. The van der Waals surface area contributed by atoms with Gasteiger partial charge in [0.2, 0.25) is 5.91 Å². The number of hydrogen-bond donors (Lipinski definition) is 2. The summed E-state index contributed by atoms with van der Waals surface area (Å²) in [6.45, 7) is 9.91. The number of thioether (sulfide) groups is 1. The molecule has 0 spiro atoms. The molecule has 1 aromatic heterocycles. The third-order valence-corrected chi connectivity index (χ3v) is 6.51. The van der Waals surface area contributed by atoms with E-state index < -0.39 is 11.9 Å². The van der Waals surface area contributed by atoms with Gasteiger partial charge in [0, 0.05) is 12.2 Å². The van der Waals surface area contributed by atoms with Crippen LogP contribution < -0.4 is 10.6 Å². The highest BCUT2D eigenvalue weighted by Gasteiger charge is 2.27. The zero-order chi connectivity index (χ0) is 25.5. The molecule has 0 aliphatic carbocycles. The Morgan fingerprint density at radius 2 is 1.97 bits per heavy atom. The van der Waals surface area contributed by atoms with Gasteiger partial charge in [0.05, 0.1) is 22.4 Å². The first-order valence-electron chi connectivity index (χ1n) is 11.0. The van der Waals surface area contributed by atoms with Crippen molar-refractivity contribution < 1.29 is 14.0 Å². The van der Waals surface area contributed by atoms with Gasteiger partial charge in [0.15, 0.2) is 11.0 Å². The Morgan fingerprint density at radius 3 is 2.66 bits per heavy atom. The van der Waals surface area contributed by atoms with Crippen LogP contribution in [0.4, 0.5) is 10.1 Å². The zero-order valence-electron chi connectivity index (χ0n) is 19.7. The van der Waals surface area contributed by atoms with Crippen molar-refractivity contribution in [3.05, 3.63) is 82.9 Å². The number of nitrogens with zero attached hydrogens (tertiary/aromatic N) is 3. The first kappa shape index (κ1) is 26.4. The van der Waals surface area contributed by atoms with Gasteiger partial charge < -0.3 is 15.2 Å². The third kappa shape index (κ3) is 6.70. The van der Waals surface area contributed by atoms with E-state index in [9.17, 15) is 14.0 Å². The fraction of sp³-hybridized carbons (Fsp3) is 0.280. The number of allylic oxidation sites excluding steroid dienone is 1. The van der Waals surface area contributed by atoms with E-state index in [0.29, 0.717) is 33.8 Å². The topological polar surface area (TPSA) is 88.9 Å². The summed E-state index contributed by atoms with van der Waals surface area (Å²) >= 11 is 7.39. The van der Waals surface area contributed by atoms with Crippen molar-refractivity contribution in [2.75, 3.05) is 11.1 Å². The number of halogens is 2. The number of nitrogens with one attached hydrogen (secondary N) is 2. The molecule has 35 heavy (non-hydrogen) atoms. The van der Waals surface area contributed by atoms with E-state index in [0.717, 1.165) is 5.56 Å². The standard InChI is InChI=1S/C25H27ClFN5O2S/c1-5-12-32-23(22(15(2)3)29-24(34)18-8-6-7-9-19(18)26)30-31-25(32)35-14-21(33)28-20-13-17(27)11-10-16(20)4/h5-11,13,15,22H,1,12,14H2,2-4H3,(H,28,33)(H,29,34)/t22-/m0/s1. The van der Waals surface area contributed by atoms with E-state index >= 15 is 0 Å². The highest BCUT2D eigenvalue weighted by atomic mass is 35.5. The van der Waals surface area contributed by atoms with Crippen molar-refractivity contribution >= 4 is 40.9 Å². The molecule has 2 N–H and O–H groups in total. The molecule has 7 nitrogen and oxygen atoms in total. The molecule has 0 radical (unpaired) electrons. The predicted molar refractivity (Wildman–Crippen MR) is 137 cm³/mol. The molecule has 0 fully saturated rings. The Morgan fingerprint density at radius 1 is 1.23 bits per heavy atom. The van der Waals surface area contributed by atoms with Crippen LogP contribution >= 0.6 is 23.4 Å². The molecule has 0 saturated heterocycles. The van der Waals surface area contributed by atoms with Crippen LogP contribution in [0.5, 0.6) is 0 Å². The summed E-state index contributed by atoms with van der Waals surface area (Å²) in [6.07, 6.45) is 1.69. The number of hydrogen-bond acceptors (Lipinski definition) is 5. The molecular formula is C25H27ClFN5O2S. The summed E-state index contributed by atoms with van der Waals surface area (Å²) in [7, 11) is 0. The minimum atomic E-state index is -0.454. The first-order valence-corrected chi connectivity index (χ1v) is 12.4. The zero-order valence-corrected chi connectivity index (χ0v) is 21.3. The molecule has 10 heteroatoms. The van der Waals surface area contributed by atoms with E-state index in [-0.39, 0.29) is 23.5 Å². The van der Waals surface area contributed by atoms with Gasteiger partial charge in [0.25, 0.3) is 5.91 Å². The van der Waals surface area contributed by atoms with E-state index in [2.05, 4.69) is 27.4 Å². The number of carbonyl (C=O) groups is 2. The van der Waals surface area contributed by atoms with Gasteiger partial charge in [0.1, 0.15) is 5.82 Å². The summed E-state index contributed by atoms with van der Waals surface area (Å²) in [5, 5.41) is 15.2. The summed E-state index contributed by atoms with van der Waals surface area (Å²) in [5.41, 5.74) is 1.55. The first-order chi connectivity index (χ1) is 16.7. The average molecular weight is 516 g/mol. The summed E-state index contributed by atoms with van der Waals surface area (Å²) in [6, 6.07) is 10.6. The Balaban J connectivity index is 1.77. The minimum Gasteiger partial charge on any atom is -0.342 e. The van der Waals surface area contributed by atoms with Crippen LogP contribution in [0, 0.1) is 18.7 Å². The van der Waals surface area contributed by atoms with Crippen LogP contribution in [0.2, 0.25) is 5.02 Å².